The van der Waals surface area contributed by atoms with Gasteiger partial charge in [-0.15, -0.1) is 34.0 Å². The van der Waals surface area contributed by atoms with Crippen LogP contribution in [0, 0.1) is 0 Å². The molecule has 0 radical (unpaired) electrons. The van der Waals surface area contributed by atoms with Crippen LogP contribution in [0.5, 0.6) is 0 Å². The van der Waals surface area contributed by atoms with E-state index < -0.39 is 0 Å². The van der Waals surface area contributed by atoms with Gasteiger partial charge in [0.15, 0.2) is 6.29 Å². The molecule has 22 heavy (non-hydrogen) atoms. The van der Waals surface area contributed by atoms with Crippen molar-refractivity contribution in [3.05, 3.63) is 62.4 Å². The Morgan fingerprint density at radius 3 is 1.27 bits per heavy atom. The van der Waals surface area contributed by atoms with Gasteiger partial charge in [0.1, 0.15) is 0 Å². The third-order valence-electron chi connectivity index (χ3n) is 2.29. The molecule has 0 N–H and O–H groups in total. The van der Waals surface area contributed by atoms with Crippen molar-refractivity contribution in [1.29, 1.82) is 0 Å². The number of hydrogen-bond acceptors (Lipinski definition) is 4. The second-order valence-corrected chi connectivity index (χ2v) is 9.53. The highest BCUT2D eigenvalue weighted by Crippen LogP contribution is 2.24. The fourth-order valence-electron chi connectivity index (χ4n) is 1.39. The van der Waals surface area contributed by atoms with Crippen molar-refractivity contribution in [2.45, 2.75) is 0 Å². The smallest absolute Gasteiger partial charge is 0.160 e. The van der Waals surface area contributed by atoms with Gasteiger partial charge in [-0.25, -0.2) is 0 Å². The van der Waals surface area contributed by atoms with Gasteiger partial charge in [0.25, 0.3) is 0 Å². The van der Waals surface area contributed by atoms with Crippen molar-refractivity contribution in [3.8, 4) is 0 Å². The Balaban J connectivity index is 0.000000188. The molecule has 114 valence electrons. The van der Waals surface area contributed by atoms with Gasteiger partial charge in [0.05, 0.1) is 4.88 Å². The normalized spacial score (nSPS) is 10.5. The first kappa shape index (κ1) is 18.3. The van der Waals surface area contributed by atoms with Gasteiger partial charge in [-0.2, -0.15) is 0 Å². The molecular formula is C15H9Br3OS3. The second-order valence-electron chi connectivity index (χ2n) is 3.95. The molecule has 0 saturated carbocycles. The maximum absolute atomic E-state index is 10.0. The van der Waals surface area contributed by atoms with Crippen LogP contribution in [-0.4, -0.2) is 6.29 Å². The Bertz CT molecular complexity index is 728. The molecule has 3 heterocycles. The molecule has 0 unspecified atom stereocenters. The van der Waals surface area contributed by atoms with E-state index in [1.165, 1.54) is 21.1 Å². The molecule has 7 heteroatoms. The zero-order valence-electron chi connectivity index (χ0n) is 11.0. The lowest BCUT2D eigenvalue weighted by atomic mass is 10.4. The first-order chi connectivity index (χ1) is 10.6. The lowest BCUT2D eigenvalue weighted by molar-refractivity contribution is 0.112. The molecule has 0 bridgehead atoms. The third-order valence-corrected chi connectivity index (χ3v) is 7.23. The van der Waals surface area contributed by atoms with Crippen LogP contribution in [-0.2, 0) is 0 Å². The topological polar surface area (TPSA) is 17.1 Å². The van der Waals surface area contributed by atoms with Crippen LogP contribution in [0.3, 0.4) is 0 Å². The van der Waals surface area contributed by atoms with Crippen LogP contribution < -0.4 is 0 Å². The van der Waals surface area contributed by atoms with Gasteiger partial charge in [-0.05, 0) is 78.1 Å². The molecule has 0 aliphatic heterocycles. The van der Waals surface area contributed by atoms with Crippen LogP contribution in [0.4, 0.5) is 0 Å². The number of rotatable bonds is 3. The van der Waals surface area contributed by atoms with E-state index >= 15 is 0 Å². The predicted molar refractivity (Wildman–Crippen MR) is 110 cm³/mol. The molecule has 0 spiro atoms. The van der Waals surface area contributed by atoms with Gasteiger partial charge in [-0.1, -0.05) is 0 Å². The van der Waals surface area contributed by atoms with E-state index in [1.54, 1.807) is 28.7 Å². The number of carbonyl (C=O) groups is 1. The van der Waals surface area contributed by atoms with Gasteiger partial charge in [-0.3, -0.25) is 4.79 Å². The van der Waals surface area contributed by atoms with E-state index in [9.17, 15) is 4.79 Å². The Kier molecular flexibility index (Phi) is 7.73. The van der Waals surface area contributed by atoms with E-state index in [0.29, 0.717) is 0 Å². The highest BCUT2D eigenvalue weighted by atomic mass is 79.9. The largest absolute Gasteiger partial charge is 0.297 e. The van der Waals surface area contributed by atoms with E-state index in [-0.39, 0.29) is 0 Å². The summed E-state index contributed by atoms with van der Waals surface area (Å²) in [4.78, 5) is 13.3. The van der Waals surface area contributed by atoms with E-state index in [1.807, 2.05) is 5.38 Å². The van der Waals surface area contributed by atoms with Gasteiger partial charge < -0.3 is 0 Å². The maximum atomic E-state index is 10.0. The molecule has 3 aromatic rings. The number of halogens is 3. The summed E-state index contributed by atoms with van der Waals surface area (Å²) in [5.41, 5.74) is 0. The Labute approximate surface area is 166 Å². The number of carbonyl (C=O) groups excluding carboxylic acids is 1. The van der Waals surface area contributed by atoms with Crippen LogP contribution >= 0.6 is 81.8 Å². The van der Waals surface area contributed by atoms with E-state index in [4.69, 9.17) is 0 Å². The van der Waals surface area contributed by atoms with E-state index in [0.717, 1.165) is 24.6 Å². The monoisotopic (exact) mass is 538 g/mol. The summed E-state index contributed by atoms with van der Waals surface area (Å²) in [5, 5.41) is 6.05. The maximum Gasteiger partial charge on any atom is 0.160 e. The lowest BCUT2D eigenvalue weighted by Crippen LogP contribution is -1.62. The summed E-state index contributed by atoms with van der Waals surface area (Å²) in [5.74, 6) is 0. The minimum absolute atomic E-state index is 0.761. The minimum atomic E-state index is 0.761. The first-order valence-electron chi connectivity index (χ1n) is 5.92. The van der Waals surface area contributed by atoms with Crippen molar-refractivity contribution >= 4 is 100 Å². The molecule has 3 aromatic heterocycles. The third kappa shape index (κ3) is 6.22. The molecule has 0 saturated heterocycles. The first-order valence-corrected chi connectivity index (χ1v) is 10.9. The molecule has 0 aliphatic rings. The number of aldehydes is 1. The zero-order chi connectivity index (χ0) is 15.9. The van der Waals surface area contributed by atoms with Crippen LogP contribution in [0.25, 0.3) is 12.2 Å². The lowest BCUT2D eigenvalue weighted by Gasteiger charge is -1.82. The summed E-state index contributed by atoms with van der Waals surface area (Å²) in [6, 6.07) is 6.02. The average Bonchev–Trinajstić information content (AvgIpc) is 3.20. The minimum Gasteiger partial charge on any atom is -0.297 e. The Morgan fingerprint density at radius 1 is 0.682 bits per heavy atom. The predicted octanol–water partition coefficient (Wildman–Crippen LogP) is 7.83. The zero-order valence-corrected chi connectivity index (χ0v) is 18.2. The van der Waals surface area contributed by atoms with Crippen LogP contribution in [0.15, 0.2) is 47.8 Å². The number of thiophene rings is 3. The molecule has 0 aliphatic carbocycles. The van der Waals surface area contributed by atoms with Gasteiger partial charge in [0, 0.05) is 39.3 Å². The summed E-state index contributed by atoms with van der Waals surface area (Å²) in [6.45, 7) is 0. The average molecular weight is 541 g/mol. The quantitative estimate of drug-likeness (QED) is 0.309. The standard InChI is InChI=1S/C10H6Br2S2.C5H3BrOS/c11-7-3-9(13-5-7)1-2-10-4-8(12)6-14-10;6-4-1-5(2-7)8-3-4/h1-6H;1-3H/b2-1+;. The van der Waals surface area contributed by atoms with Gasteiger partial charge >= 0.3 is 0 Å². The van der Waals surface area contributed by atoms with Crippen LogP contribution in [0.2, 0.25) is 0 Å². The van der Waals surface area contributed by atoms with Crippen molar-refractivity contribution in [2.75, 3.05) is 0 Å². The molecule has 0 aromatic carbocycles. The Hall–Kier alpha value is -0.0500. The SMILES string of the molecule is Brc1csc(/C=C/c2cc(Br)cs2)c1.O=Cc1cc(Br)cs1. The fraction of sp³-hybridized carbons (Fsp3) is 0. The van der Waals surface area contributed by atoms with Gasteiger partial charge in [0.2, 0.25) is 0 Å². The van der Waals surface area contributed by atoms with Crippen LogP contribution in [0.1, 0.15) is 19.4 Å². The molecular weight excluding hydrogens is 532 g/mol. The molecule has 0 amide bonds. The molecule has 0 atom stereocenters. The fourth-order valence-corrected chi connectivity index (χ4v) is 5.31. The van der Waals surface area contributed by atoms with E-state index in [2.05, 4.69) is 82.8 Å². The van der Waals surface area contributed by atoms with Crippen molar-refractivity contribution in [1.82, 2.24) is 0 Å². The molecule has 1 nitrogen and oxygen atoms in total. The van der Waals surface area contributed by atoms with Crippen molar-refractivity contribution in [2.24, 2.45) is 0 Å². The molecule has 0 fully saturated rings. The summed E-state index contributed by atoms with van der Waals surface area (Å²) < 4.78 is 3.27. The summed E-state index contributed by atoms with van der Waals surface area (Å²) >= 11 is 15.0. The summed E-state index contributed by atoms with van der Waals surface area (Å²) in [6.07, 6.45) is 5.11. The highest BCUT2D eigenvalue weighted by Gasteiger charge is 1.95. The molecule has 3 rings (SSSR count). The van der Waals surface area contributed by atoms with Crippen molar-refractivity contribution in [3.63, 3.8) is 0 Å². The van der Waals surface area contributed by atoms with Crippen molar-refractivity contribution < 1.29 is 4.79 Å². The summed E-state index contributed by atoms with van der Waals surface area (Å²) in [7, 11) is 0. The number of hydrogen-bond donors (Lipinski definition) is 0. The highest BCUT2D eigenvalue weighted by molar-refractivity contribution is 9.11. The second kappa shape index (κ2) is 9.30. The Morgan fingerprint density at radius 2 is 1.05 bits per heavy atom.